The van der Waals surface area contributed by atoms with Gasteiger partial charge >= 0.3 is 5.97 Å². The largest absolute Gasteiger partial charge is 0.462 e. The molecule has 6 fully saturated rings. The summed E-state index contributed by atoms with van der Waals surface area (Å²) in [5.41, 5.74) is 8.43. The molecule has 0 spiro atoms. The SMILES string of the molecule is C=C1CC[C@H]2[C@H](O)[C@@H]([C@@]3(C)Cc4cn[nH]c4C[C@@H]3CN3CCOCC3)CC[C@]12C.C=C1CC[C@H]2[C@H](OC(C)=O)[C@@H]([C@@]3(C)Cc4cn[nH]c4C[C@@H]3CN3CCOCC3)CC[C@]12C. The second kappa shape index (κ2) is 16.9. The Balaban J connectivity index is 0.000000157. The maximum atomic E-state index is 12.3. The van der Waals surface area contributed by atoms with E-state index in [9.17, 15) is 9.90 Å². The van der Waals surface area contributed by atoms with Gasteiger partial charge in [0.1, 0.15) is 6.10 Å². The molecular formula is C50H76N6O5. The van der Waals surface area contributed by atoms with E-state index < -0.39 is 0 Å². The van der Waals surface area contributed by atoms with Crippen molar-refractivity contribution in [2.75, 3.05) is 65.7 Å². The van der Waals surface area contributed by atoms with Gasteiger partial charge in [-0.15, -0.1) is 0 Å². The van der Waals surface area contributed by atoms with Crippen molar-refractivity contribution >= 4 is 5.97 Å². The molecule has 4 saturated carbocycles. The Morgan fingerprint density at radius 3 is 1.70 bits per heavy atom. The van der Waals surface area contributed by atoms with Crippen molar-refractivity contribution in [3.63, 3.8) is 0 Å². The number of carbonyl (C=O) groups is 1. The number of morpholine rings is 2. The van der Waals surface area contributed by atoms with Crippen LogP contribution >= 0.6 is 0 Å². The van der Waals surface area contributed by atoms with Gasteiger partial charge in [-0.25, -0.2) is 0 Å². The molecule has 0 unspecified atom stereocenters. The van der Waals surface area contributed by atoms with Gasteiger partial charge in [-0.2, -0.15) is 10.2 Å². The third-order valence-corrected chi connectivity index (χ3v) is 19.0. The summed E-state index contributed by atoms with van der Waals surface area (Å²) in [6, 6.07) is 0. The molecule has 6 aliphatic carbocycles. The molecule has 2 aromatic heterocycles. The summed E-state index contributed by atoms with van der Waals surface area (Å²) in [5.74, 6) is 2.33. The van der Waals surface area contributed by atoms with Crippen LogP contribution in [0, 0.1) is 57.2 Å². The summed E-state index contributed by atoms with van der Waals surface area (Å²) in [7, 11) is 0. The second-order valence-electron chi connectivity index (χ2n) is 21.9. The van der Waals surface area contributed by atoms with Crippen molar-refractivity contribution < 1.29 is 24.1 Å². The summed E-state index contributed by atoms with van der Waals surface area (Å²) in [4.78, 5) is 17.4. The fourth-order valence-electron chi connectivity index (χ4n) is 14.8. The van der Waals surface area contributed by atoms with Gasteiger partial charge in [-0.3, -0.25) is 24.8 Å². The quantitative estimate of drug-likeness (QED) is 0.200. The Bertz CT molecular complexity index is 1920. The highest BCUT2D eigenvalue weighted by Crippen LogP contribution is 2.63. The number of H-pyrrole nitrogens is 2. The lowest BCUT2D eigenvalue weighted by Gasteiger charge is -2.55. The first-order valence-electron chi connectivity index (χ1n) is 24.1. The van der Waals surface area contributed by atoms with E-state index in [0.717, 1.165) is 136 Å². The lowest BCUT2D eigenvalue weighted by Crippen LogP contribution is -2.56. The van der Waals surface area contributed by atoms with Crippen molar-refractivity contribution in [1.82, 2.24) is 30.2 Å². The minimum Gasteiger partial charge on any atom is -0.462 e. The standard InChI is InChI=1S/C26H39N3O3.C24H37N3O2/c1-17-5-6-21-24(32-18(2)30)22(7-8-25(17,21)3)26(4)14-19-15-27-28-23(19)13-20(26)16-29-9-11-31-12-10-29;1-16-4-5-19-22(28)20(6-7-23(16,19)2)24(3)13-17-14-25-26-21(17)12-18(24)15-27-8-10-29-11-9-27/h15,20-22,24H,1,5-14,16H2,2-4H3,(H,27,28);14,18-20,22,28H,1,4-13,15H2,2-3H3,(H,25,26)/t20-,21+,22+,24+,25-,26+;18-,19+,20+,22+,23-,24+/m11/s1. The number of aliphatic hydroxyl groups is 1. The number of nitrogens with one attached hydrogen (secondary N) is 2. The summed E-state index contributed by atoms with van der Waals surface area (Å²) < 4.78 is 17.4. The molecule has 11 nitrogen and oxygen atoms in total. The number of aromatic amines is 2. The Kier molecular flexibility index (Phi) is 12.1. The average Bonchev–Trinajstić information content (AvgIpc) is 4.02. The highest BCUT2D eigenvalue weighted by molar-refractivity contribution is 5.66. The van der Waals surface area contributed by atoms with E-state index >= 15 is 0 Å². The van der Waals surface area contributed by atoms with Gasteiger partial charge in [0, 0.05) is 69.4 Å². The van der Waals surface area contributed by atoms with Crippen LogP contribution in [0.2, 0.25) is 0 Å². The Morgan fingerprint density at radius 1 is 0.738 bits per heavy atom. The van der Waals surface area contributed by atoms with E-state index in [0.29, 0.717) is 35.5 Å². The number of aliphatic hydroxyl groups excluding tert-OH is 1. The molecule has 0 aromatic carbocycles. The molecule has 0 bridgehead atoms. The van der Waals surface area contributed by atoms with Gasteiger partial charge in [0.2, 0.25) is 0 Å². The number of carbonyl (C=O) groups excluding carboxylic acids is 1. The Morgan fingerprint density at radius 2 is 1.20 bits per heavy atom. The zero-order chi connectivity index (χ0) is 42.7. The van der Waals surface area contributed by atoms with Gasteiger partial charge < -0.3 is 19.3 Å². The maximum absolute atomic E-state index is 12.3. The van der Waals surface area contributed by atoms with Crippen LogP contribution in [-0.2, 0) is 44.7 Å². The normalized spacial score (nSPS) is 41.5. The predicted octanol–water partition coefficient (Wildman–Crippen LogP) is 6.98. The molecule has 0 amide bonds. The first-order chi connectivity index (χ1) is 29.2. The van der Waals surface area contributed by atoms with Gasteiger partial charge in [-0.1, -0.05) is 52.0 Å². The zero-order valence-corrected chi connectivity index (χ0v) is 38.1. The lowest BCUT2D eigenvalue weighted by atomic mass is 9.52. The lowest BCUT2D eigenvalue weighted by molar-refractivity contribution is -0.170. The third kappa shape index (κ3) is 7.82. The Labute approximate surface area is 365 Å². The van der Waals surface area contributed by atoms with E-state index in [-0.39, 0.29) is 39.8 Å². The highest BCUT2D eigenvalue weighted by atomic mass is 16.5. The van der Waals surface area contributed by atoms with Crippen LogP contribution in [0.1, 0.15) is 109 Å². The monoisotopic (exact) mass is 841 g/mol. The number of nitrogens with zero attached hydrogens (tertiary/aromatic N) is 4. The van der Waals surface area contributed by atoms with Crippen LogP contribution in [0.15, 0.2) is 36.7 Å². The summed E-state index contributed by atoms with van der Waals surface area (Å²) >= 11 is 0. The third-order valence-electron chi connectivity index (χ3n) is 19.0. The molecular weight excluding hydrogens is 765 g/mol. The van der Waals surface area contributed by atoms with Crippen LogP contribution in [0.4, 0.5) is 0 Å². The van der Waals surface area contributed by atoms with Gasteiger partial charge in [0.05, 0.1) is 44.9 Å². The van der Waals surface area contributed by atoms with Crippen molar-refractivity contribution in [3.05, 3.63) is 59.2 Å². The number of allylic oxidation sites excluding steroid dienone is 2. The fraction of sp³-hybridized carbons (Fsp3) is 0.780. The first kappa shape index (κ1) is 43.4. The molecule has 336 valence electrons. The van der Waals surface area contributed by atoms with Crippen molar-refractivity contribution in [3.8, 4) is 0 Å². The molecule has 4 heterocycles. The average molecular weight is 841 g/mol. The van der Waals surface area contributed by atoms with Gasteiger partial charge in [0.15, 0.2) is 0 Å². The predicted molar refractivity (Wildman–Crippen MR) is 237 cm³/mol. The molecule has 2 saturated heterocycles. The molecule has 11 heteroatoms. The van der Waals surface area contributed by atoms with Crippen LogP contribution in [0.25, 0.3) is 0 Å². The summed E-state index contributed by atoms with van der Waals surface area (Å²) in [6.45, 7) is 29.6. The fourth-order valence-corrected chi connectivity index (χ4v) is 14.8. The van der Waals surface area contributed by atoms with Crippen LogP contribution in [0.3, 0.4) is 0 Å². The molecule has 2 aliphatic heterocycles. The number of esters is 1. The number of hydrogen-bond acceptors (Lipinski definition) is 9. The summed E-state index contributed by atoms with van der Waals surface area (Å²) in [6.07, 6.45) is 16.7. The van der Waals surface area contributed by atoms with Crippen LogP contribution < -0.4 is 0 Å². The van der Waals surface area contributed by atoms with Gasteiger partial charge in [-0.05, 0) is 134 Å². The number of aromatic nitrogens is 4. The smallest absolute Gasteiger partial charge is 0.302 e. The number of rotatable bonds is 7. The van der Waals surface area contributed by atoms with Crippen molar-refractivity contribution in [2.45, 2.75) is 124 Å². The number of hydrogen-bond donors (Lipinski definition) is 3. The molecule has 8 aliphatic rings. The van der Waals surface area contributed by atoms with Crippen LogP contribution in [0.5, 0.6) is 0 Å². The molecule has 12 atom stereocenters. The van der Waals surface area contributed by atoms with E-state index in [1.807, 2.05) is 12.4 Å². The highest BCUT2D eigenvalue weighted by Gasteiger charge is 2.59. The van der Waals surface area contributed by atoms with E-state index in [1.54, 1.807) is 6.92 Å². The maximum Gasteiger partial charge on any atom is 0.302 e. The molecule has 3 N–H and O–H groups in total. The zero-order valence-electron chi connectivity index (χ0n) is 38.1. The molecule has 61 heavy (non-hydrogen) atoms. The number of fused-ring (bicyclic) bond motifs is 4. The first-order valence-corrected chi connectivity index (χ1v) is 24.1. The molecule has 0 radical (unpaired) electrons. The van der Waals surface area contributed by atoms with E-state index in [4.69, 9.17) is 14.2 Å². The van der Waals surface area contributed by atoms with Crippen LogP contribution in [-0.4, -0.2) is 119 Å². The second-order valence-corrected chi connectivity index (χ2v) is 21.9. The Hall–Kier alpha value is -2.83. The molecule has 2 aromatic rings. The van der Waals surface area contributed by atoms with E-state index in [1.165, 1.54) is 40.1 Å². The van der Waals surface area contributed by atoms with Gasteiger partial charge in [0.25, 0.3) is 0 Å². The van der Waals surface area contributed by atoms with Crippen molar-refractivity contribution in [2.24, 2.45) is 57.2 Å². The minimum atomic E-state index is -0.223. The number of ether oxygens (including phenoxy) is 3. The topological polar surface area (TPSA) is 129 Å². The minimum absolute atomic E-state index is 0.0314. The summed E-state index contributed by atoms with van der Waals surface area (Å²) in [5, 5.41) is 26.9. The van der Waals surface area contributed by atoms with E-state index in [2.05, 4.69) is 71.0 Å². The molecule has 10 rings (SSSR count). The van der Waals surface area contributed by atoms with Crippen molar-refractivity contribution in [1.29, 1.82) is 0 Å².